The molecule has 0 bridgehead atoms. The molecular formula is C20H15BrClNO. The summed E-state index contributed by atoms with van der Waals surface area (Å²) >= 11 is 9.86. The number of carbonyl (C=O) groups excluding carboxylic acids is 1. The van der Waals surface area contributed by atoms with Gasteiger partial charge in [0.05, 0.1) is 10.7 Å². The maximum atomic E-state index is 12.7. The molecule has 0 aliphatic heterocycles. The highest BCUT2D eigenvalue weighted by molar-refractivity contribution is 9.10. The van der Waals surface area contributed by atoms with E-state index in [1.807, 2.05) is 61.5 Å². The Kier molecular flexibility index (Phi) is 5.03. The largest absolute Gasteiger partial charge is 0.355 e. The number of benzene rings is 3. The molecule has 2 nitrogen and oxygen atoms in total. The molecule has 0 aliphatic carbocycles. The van der Waals surface area contributed by atoms with Crippen molar-refractivity contribution in [2.24, 2.45) is 0 Å². The molecule has 0 radical (unpaired) electrons. The van der Waals surface area contributed by atoms with Crippen molar-refractivity contribution in [2.75, 3.05) is 5.32 Å². The molecule has 0 amide bonds. The Bertz CT molecular complexity index is 908. The first-order valence-corrected chi connectivity index (χ1v) is 8.65. The van der Waals surface area contributed by atoms with Gasteiger partial charge in [-0.15, -0.1) is 0 Å². The number of para-hydroxylation sites is 1. The summed E-state index contributed by atoms with van der Waals surface area (Å²) in [6.45, 7) is 1.92. The van der Waals surface area contributed by atoms with Gasteiger partial charge in [-0.25, -0.2) is 0 Å². The Balaban J connectivity index is 1.89. The number of nitrogens with one attached hydrogen (secondary N) is 1. The lowest BCUT2D eigenvalue weighted by atomic mass is 9.99. The fraction of sp³-hybridized carbons (Fsp3) is 0.0500. The van der Waals surface area contributed by atoms with Crippen LogP contribution in [0, 0.1) is 6.92 Å². The number of halogens is 2. The van der Waals surface area contributed by atoms with Crippen LogP contribution in [0.3, 0.4) is 0 Å². The zero-order chi connectivity index (χ0) is 17.1. The minimum absolute atomic E-state index is 0.0643. The Morgan fingerprint density at radius 3 is 2.38 bits per heavy atom. The monoisotopic (exact) mass is 399 g/mol. The van der Waals surface area contributed by atoms with Crippen LogP contribution in [0.25, 0.3) is 0 Å². The van der Waals surface area contributed by atoms with Gasteiger partial charge in [0.15, 0.2) is 5.78 Å². The van der Waals surface area contributed by atoms with Crippen molar-refractivity contribution in [1.82, 2.24) is 0 Å². The molecule has 4 heteroatoms. The first-order chi connectivity index (χ1) is 11.6. The molecule has 0 aliphatic rings. The van der Waals surface area contributed by atoms with Gasteiger partial charge in [-0.1, -0.05) is 48.0 Å². The summed E-state index contributed by atoms with van der Waals surface area (Å²) in [5.74, 6) is -0.0643. The molecule has 1 N–H and O–H groups in total. The van der Waals surface area contributed by atoms with Gasteiger partial charge in [-0.2, -0.15) is 0 Å². The predicted octanol–water partition coefficient (Wildman–Crippen LogP) is 6.39. The highest BCUT2D eigenvalue weighted by Gasteiger charge is 2.15. The van der Waals surface area contributed by atoms with Crippen molar-refractivity contribution >= 4 is 44.7 Å². The fourth-order valence-electron chi connectivity index (χ4n) is 2.47. The van der Waals surface area contributed by atoms with Crippen LogP contribution < -0.4 is 5.32 Å². The molecule has 120 valence electrons. The third kappa shape index (κ3) is 3.53. The second kappa shape index (κ2) is 7.20. The first-order valence-electron chi connectivity index (χ1n) is 7.47. The van der Waals surface area contributed by atoms with E-state index in [0.29, 0.717) is 16.1 Å². The topological polar surface area (TPSA) is 29.1 Å². The predicted molar refractivity (Wildman–Crippen MR) is 103 cm³/mol. The SMILES string of the molecule is Cc1ccccc1C(=O)c1ccc(Nc2ccccc2Br)cc1Cl. The van der Waals surface area contributed by atoms with Crippen molar-refractivity contribution < 1.29 is 4.79 Å². The van der Waals surface area contributed by atoms with Gasteiger partial charge in [0.2, 0.25) is 0 Å². The molecule has 0 saturated heterocycles. The van der Waals surface area contributed by atoms with Crippen LogP contribution in [-0.2, 0) is 0 Å². The van der Waals surface area contributed by atoms with E-state index in [9.17, 15) is 4.79 Å². The minimum Gasteiger partial charge on any atom is -0.355 e. The van der Waals surface area contributed by atoms with Crippen molar-refractivity contribution in [3.8, 4) is 0 Å². The Labute approximate surface area is 154 Å². The standard InChI is InChI=1S/C20H15BrClNO/c1-13-6-2-3-7-15(13)20(24)16-11-10-14(12-18(16)22)23-19-9-5-4-8-17(19)21/h2-12,23H,1H3. The normalized spacial score (nSPS) is 10.5. The summed E-state index contributed by atoms with van der Waals surface area (Å²) in [7, 11) is 0. The van der Waals surface area contributed by atoms with Crippen LogP contribution in [-0.4, -0.2) is 5.78 Å². The maximum absolute atomic E-state index is 12.7. The number of anilines is 2. The highest BCUT2D eigenvalue weighted by atomic mass is 79.9. The third-order valence-electron chi connectivity index (χ3n) is 3.76. The molecular weight excluding hydrogens is 386 g/mol. The molecule has 0 unspecified atom stereocenters. The van der Waals surface area contributed by atoms with E-state index >= 15 is 0 Å². The van der Waals surface area contributed by atoms with Gasteiger partial charge in [0, 0.05) is 21.3 Å². The van der Waals surface area contributed by atoms with E-state index in [4.69, 9.17) is 11.6 Å². The first kappa shape index (κ1) is 16.7. The van der Waals surface area contributed by atoms with Crippen LogP contribution in [0.5, 0.6) is 0 Å². The van der Waals surface area contributed by atoms with Crippen molar-refractivity contribution in [3.63, 3.8) is 0 Å². The summed E-state index contributed by atoms with van der Waals surface area (Å²) in [6, 6.07) is 20.7. The number of hydrogen-bond acceptors (Lipinski definition) is 2. The van der Waals surface area contributed by atoms with E-state index in [1.165, 1.54) is 0 Å². The van der Waals surface area contributed by atoms with Gasteiger partial charge in [-0.3, -0.25) is 4.79 Å². The van der Waals surface area contributed by atoms with Gasteiger partial charge in [0.25, 0.3) is 0 Å². The maximum Gasteiger partial charge on any atom is 0.194 e. The average molecular weight is 401 g/mol. The molecule has 3 rings (SSSR count). The van der Waals surface area contributed by atoms with Crippen LogP contribution in [0.15, 0.2) is 71.2 Å². The fourth-order valence-corrected chi connectivity index (χ4v) is 3.12. The van der Waals surface area contributed by atoms with E-state index in [1.54, 1.807) is 12.1 Å². The molecule has 3 aromatic rings. The third-order valence-corrected chi connectivity index (χ3v) is 4.76. The smallest absolute Gasteiger partial charge is 0.194 e. The molecule has 0 atom stereocenters. The van der Waals surface area contributed by atoms with Crippen LogP contribution >= 0.6 is 27.5 Å². The Morgan fingerprint density at radius 1 is 0.958 bits per heavy atom. The average Bonchev–Trinajstić information content (AvgIpc) is 2.57. The van der Waals surface area contributed by atoms with Crippen LogP contribution in [0.2, 0.25) is 5.02 Å². The second-order valence-corrected chi connectivity index (χ2v) is 6.71. The molecule has 0 fully saturated rings. The highest BCUT2D eigenvalue weighted by Crippen LogP contribution is 2.29. The quantitative estimate of drug-likeness (QED) is 0.514. The van der Waals surface area contributed by atoms with E-state index in [2.05, 4.69) is 21.2 Å². The van der Waals surface area contributed by atoms with Crippen molar-refractivity contribution in [3.05, 3.63) is 92.9 Å². The van der Waals surface area contributed by atoms with Crippen molar-refractivity contribution in [1.29, 1.82) is 0 Å². The number of carbonyl (C=O) groups is 1. The van der Waals surface area contributed by atoms with Gasteiger partial charge in [-0.05, 0) is 58.7 Å². The van der Waals surface area contributed by atoms with Crippen molar-refractivity contribution in [2.45, 2.75) is 6.92 Å². The van der Waals surface area contributed by atoms with E-state index in [-0.39, 0.29) is 5.78 Å². The number of aryl methyl sites for hydroxylation is 1. The van der Waals surface area contributed by atoms with E-state index in [0.717, 1.165) is 21.4 Å². The summed E-state index contributed by atoms with van der Waals surface area (Å²) in [4.78, 5) is 12.7. The summed E-state index contributed by atoms with van der Waals surface area (Å²) < 4.78 is 0.959. The molecule has 0 saturated carbocycles. The molecule has 0 heterocycles. The zero-order valence-electron chi connectivity index (χ0n) is 13.0. The summed E-state index contributed by atoms with van der Waals surface area (Å²) in [5, 5.41) is 3.72. The number of ketones is 1. The minimum atomic E-state index is -0.0643. The van der Waals surface area contributed by atoms with Gasteiger partial charge >= 0.3 is 0 Å². The Hall–Kier alpha value is -2.10. The summed E-state index contributed by atoms with van der Waals surface area (Å²) in [5.41, 5.74) is 3.88. The number of rotatable bonds is 4. The lowest BCUT2D eigenvalue weighted by Gasteiger charge is -2.11. The van der Waals surface area contributed by atoms with Crippen LogP contribution in [0.1, 0.15) is 21.5 Å². The second-order valence-electron chi connectivity index (χ2n) is 5.44. The lowest BCUT2D eigenvalue weighted by Crippen LogP contribution is -2.04. The van der Waals surface area contributed by atoms with Gasteiger partial charge in [0.1, 0.15) is 0 Å². The zero-order valence-corrected chi connectivity index (χ0v) is 15.4. The lowest BCUT2D eigenvalue weighted by molar-refractivity contribution is 0.103. The van der Waals surface area contributed by atoms with Gasteiger partial charge < -0.3 is 5.32 Å². The molecule has 3 aromatic carbocycles. The van der Waals surface area contributed by atoms with Crippen LogP contribution in [0.4, 0.5) is 11.4 Å². The number of hydrogen-bond donors (Lipinski definition) is 1. The molecule has 0 aromatic heterocycles. The molecule has 0 spiro atoms. The van der Waals surface area contributed by atoms with E-state index < -0.39 is 0 Å². The Morgan fingerprint density at radius 2 is 1.67 bits per heavy atom. The molecule has 24 heavy (non-hydrogen) atoms. The summed E-state index contributed by atoms with van der Waals surface area (Å²) in [6.07, 6.45) is 0.